The third kappa shape index (κ3) is 3.54. The van der Waals surface area contributed by atoms with E-state index in [4.69, 9.17) is 21.1 Å². The fourth-order valence-corrected chi connectivity index (χ4v) is 4.28. The number of nitrogens with zero attached hydrogens (tertiary/aromatic N) is 2. The predicted molar refractivity (Wildman–Crippen MR) is 116 cm³/mol. The maximum Gasteiger partial charge on any atom is 0.267 e. The Bertz CT molecular complexity index is 1200. The number of imidazole rings is 1. The minimum Gasteiger partial charge on any atom is -0.495 e. The first-order valence-corrected chi connectivity index (χ1v) is 9.98. The third-order valence-corrected chi connectivity index (χ3v) is 6.01. The number of nitrogens with one attached hydrogen (secondary N) is 1. The van der Waals surface area contributed by atoms with Crippen molar-refractivity contribution in [1.82, 2.24) is 9.38 Å². The molecule has 0 saturated carbocycles. The molecule has 2 aromatic carbocycles. The Morgan fingerprint density at radius 2 is 1.86 bits per heavy atom. The number of aromatic nitrogens is 2. The molecular weight excluding hydrogens is 410 g/mol. The number of halogens is 1. The maximum absolute atomic E-state index is 12.9. The number of hydrogen-bond donors (Lipinski definition) is 1. The number of methoxy groups -OCH3 is 2. The smallest absolute Gasteiger partial charge is 0.267 e. The summed E-state index contributed by atoms with van der Waals surface area (Å²) in [4.78, 5) is 18.9. The van der Waals surface area contributed by atoms with E-state index in [9.17, 15) is 4.79 Å². The number of fused-ring (bicyclic) bond motifs is 1. The second-order valence-corrected chi connectivity index (χ2v) is 7.69. The summed E-state index contributed by atoms with van der Waals surface area (Å²) < 4.78 is 12.5. The van der Waals surface area contributed by atoms with E-state index in [2.05, 4.69) is 10.3 Å². The van der Waals surface area contributed by atoms with E-state index in [0.717, 1.165) is 21.9 Å². The van der Waals surface area contributed by atoms with Gasteiger partial charge < -0.3 is 14.8 Å². The minimum absolute atomic E-state index is 0.248. The van der Waals surface area contributed by atoms with Crippen molar-refractivity contribution in [1.29, 1.82) is 0 Å². The van der Waals surface area contributed by atoms with Crippen molar-refractivity contribution in [3.05, 3.63) is 64.3 Å². The van der Waals surface area contributed by atoms with E-state index in [0.29, 0.717) is 27.1 Å². The van der Waals surface area contributed by atoms with Crippen LogP contribution in [-0.2, 0) is 0 Å². The van der Waals surface area contributed by atoms with Gasteiger partial charge in [0.1, 0.15) is 16.4 Å². The largest absolute Gasteiger partial charge is 0.495 e. The lowest BCUT2D eigenvalue weighted by Crippen LogP contribution is -2.13. The van der Waals surface area contributed by atoms with Crippen LogP contribution in [0.4, 0.5) is 5.69 Å². The second-order valence-electron chi connectivity index (χ2n) is 6.30. The molecule has 1 amide bonds. The van der Waals surface area contributed by atoms with Crippen LogP contribution in [0.5, 0.6) is 11.5 Å². The number of carbonyl (C=O) groups is 1. The molecule has 0 aliphatic heterocycles. The summed E-state index contributed by atoms with van der Waals surface area (Å²) in [6.07, 6.45) is 1.94. The topological polar surface area (TPSA) is 64.9 Å². The van der Waals surface area contributed by atoms with E-state index in [-0.39, 0.29) is 5.91 Å². The number of amides is 1. The van der Waals surface area contributed by atoms with Gasteiger partial charge in [0.25, 0.3) is 5.91 Å². The average molecular weight is 428 g/mol. The van der Waals surface area contributed by atoms with Gasteiger partial charge in [0, 0.05) is 29.6 Å². The molecule has 2 aromatic heterocycles. The average Bonchev–Trinajstić information content (AvgIpc) is 3.29. The highest BCUT2D eigenvalue weighted by molar-refractivity contribution is 7.19. The first kappa shape index (κ1) is 19.3. The minimum atomic E-state index is -0.248. The summed E-state index contributed by atoms with van der Waals surface area (Å²) in [6, 6.07) is 13.2. The molecule has 2 heterocycles. The van der Waals surface area contributed by atoms with E-state index < -0.39 is 0 Å². The first-order valence-electron chi connectivity index (χ1n) is 8.78. The highest BCUT2D eigenvalue weighted by atomic mass is 35.5. The van der Waals surface area contributed by atoms with Crippen LogP contribution < -0.4 is 14.8 Å². The van der Waals surface area contributed by atoms with Crippen molar-refractivity contribution in [3.8, 4) is 22.8 Å². The molecule has 0 unspecified atom stereocenters. The summed E-state index contributed by atoms with van der Waals surface area (Å²) in [5, 5.41) is 3.29. The standard InChI is InChI=1S/C21H18ClN3O3S/c1-12-19(20(26)23-15-10-17(27-2)14(22)9-18(15)28-3)29-21-24-16(11-25(12)21)13-7-5-4-6-8-13/h4-11H,1-3H3,(H,23,26). The van der Waals surface area contributed by atoms with Crippen LogP contribution in [0.2, 0.25) is 5.02 Å². The monoisotopic (exact) mass is 427 g/mol. The lowest BCUT2D eigenvalue weighted by Gasteiger charge is -2.13. The zero-order chi connectivity index (χ0) is 20.5. The zero-order valence-corrected chi connectivity index (χ0v) is 17.6. The van der Waals surface area contributed by atoms with Crippen molar-refractivity contribution in [3.63, 3.8) is 0 Å². The quantitative estimate of drug-likeness (QED) is 0.469. The molecule has 0 bridgehead atoms. The van der Waals surface area contributed by atoms with Crippen molar-refractivity contribution in [2.75, 3.05) is 19.5 Å². The van der Waals surface area contributed by atoms with Gasteiger partial charge in [0.2, 0.25) is 0 Å². The molecule has 29 heavy (non-hydrogen) atoms. The third-order valence-electron chi connectivity index (χ3n) is 4.55. The summed E-state index contributed by atoms with van der Waals surface area (Å²) in [6.45, 7) is 1.90. The van der Waals surface area contributed by atoms with Crippen LogP contribution in [0.1, 0.15) is 15.4 Å². The summed E-state index contributed by atoms with van der Waals surface area (Å²) >= 11 is 7.47. The molecule has 0 fully saturated rings. The van der Waals surface area contributed by atoms with E-state index in [1.54, 1.807) is 12.1 Å². The zero-order valence-electron chi connectivity index (χ0n) is 16.0. The molecule has 0 atom stereocenters. The van der Waals surface area contributed by atoms with Gasteiger partial charge in [0.05, 0.1) is 30.6 Å². The Balaban J connectivity index is 1.66. The van der Waals surface area contributed by atoms with Crippen LogP contribution in [0.25, 0.3) is 16.2 Å². The van der Waals surface area contributed by atoms with Gasteiger partial charge in [0.15, 0.2) is 4.96 Å². The summed E-state index contributed by atoms with van der Waals surface area (Å²) in [5.74, 6) is 0.657. The number of carbonyl (C=O) groups excluding carboxylic acids is 1. The number of aryl methyl sites for hydroxylation is 1. The Morgan fingerprint density at radius 1 is 1.14 bits per heavy atom. The molecule has 0 saturated heterocycles. The fraction of sp³-hybridized carbons (Fsp3) is 0.143. The van der Waals surface area contributed by atoms with Gasteiger partial charge in [-0.15, -0.1) is 0 Å². The normalized spacial score (nSPS) is 10.9. The van der Waals surface area contributed by atoms with Gasteiger partial charge in [-0.1, -0.05) is 53.3 Å². The maximum atomic E-state index is 12.9. The van der Waals surface area contributed by atoms with Crippen LogP contribution in [-0.4, -0.2) is 29.5 Å². The second kappa shape index (κ2) is 7.77. The predicted octanol–water partition coefficient (Wildman–Crippen LogP) is 5.29. The number of anilines is 1. The number of thiazole rings is 1. The van der Waals surface area contributed by atoms with Gasteiger partial charge in [-0.25, -0.2) is 4.98 Å². The van der Waals surface area contributed by atoms with Gasteiger partial charge in [-0.3, -0.25) is 9.20 Å². The molecule has 1 N–H and O–H groups in total. The lowest BCUT2D eigenvalue weighted by molar-refractivity contribution is 0.102. The fourth-order valence-electron chi connectivity index (χ4n) is 3.05. The van der Waals surface area contributed by atoms with Gasteiger partial charge in [-0.2, -0.15) is 0 Å². The number of benzene rings is 2. The lowest BCUT2D eigenvalue weighted by atomic mass is 10.2. The van der Waals surface area contributed by atoms with Crippen molar-refractivity contribution in [2.45, 2.75) is 6.92 Å². The van der Waals surface area contributed by atoms with Gasteiger partial charge in [-0.05, 0) is 6.92 Å². The Morgan fingerprint density at radius 3 is 2.52 bits per heavy atom. The number of ether oxygens (including phenoxy) is 2. The van der Waals surface area contributed by atoms with Crippen LogP contribution >= 0.6 is 22.9 Å². The highest BCUT2D eigenvalue weighted by Crippen LogP contribution is 2.36. The highest BCUT2D eigenvalue weighted by Gasteiger charge is 2.20. The molecule has 0 aliphatic rings. The SMILES string of the molecule is COc1cc(NC(=O)c2sc3nc(-c4ccccc4)cn3c2C)c(OC)cc1Cl. The Kier molecular flexibility index (Phi) is 5.17. The molecular formula is C21H18ClN3O3S. The first-order chi connectivity index (χ1) is 14.0. The molecule has 0 spiro atoms. The van der Waals surface area contributed by atoms with Gasteiger partial charge >= 0.3 is 0 Å². The molecule has 4 aromatic rings. The van der Waals surface area contributed by atoms with Crippen LogP contribution in [0.15, 0.2) is 48.7 Å². The Labute approximate surface area is 176 Å². The van der Waals surface area contributed by atoms with E-state index >= 15 is 0 Å². The van der Waals surface area contributed by atoms with Crippen molar-refractivity contribution in [2.24, 2.45) is 0 Å². The van der Waals surface area contributed by atoms with Crippen molar-refractivity contribution >= 4 is 39.5 Å². The van der Waals surface area contributed by atoms with Crippen LogP contribution in [0.3, 0.4) is 0 Å². The Hall–Kier alpha value is -3.03. The molecule has 8 heteroatoms. The molecule has 148 valence electrons. The van der Waals surface area contributed by atoms with E-state index in [1.807, 2.05) is 47.9 Å². The molecule has 0 aliphatic carbocycles. The van der Waals surface area contributed by atoms with E-state index in [1.165, 1.54) is 25.6 Å². The summed E-state index contributed by atoms with van der Waals surface area (Å²) in [5.41, 5.74) is 3.20. The van der Waals surface area contributed by atoms with Crippen molar-refractivity contribution < 1.29 is 14.3 Å². The molecule has 6 nitrogen and oxygen atoms in total. The summed E-state index contributed by atoms with van der Waals surface area (Å²) in [7, 11) is 3.03. The molecule has 0 radical (unpaired) electrons. The number of hydrogen-bond acceptors (Lipinski definition) is 5. The van der Waals surface area contributed by atoms with Crippen LogP contribution in [0, 0.1) is 6.92 Å². The number of rotatable bonds is 5. The molecule has 4 rings (SSSR count).